The van der Waals surface area contributed by atoms with Gasteiger partial charge < -0.3 is 35.0 Å². The summed E-state index contributed by atoms with van der Waals surface area (Å²) < 4.78 is 11.2. The molecule has 5 rings (SSSR count). The quantitative estimate of drug-likeness (QED) is 0.309. The highest BCUT2D eigenvalue weighted by atomic mass is 16.6. The number of benzene rings is 2. The van der Waals surface area contributed by atoms with E-state index in [4.69, 9.17) is 9.47 Å². The van der Waals surface area contributed by atoms with Crippen LogP contribution in [0.15, 0.2) is 66.9 Å². The average molecular weight is 731 g/mol. The number of piperazine rings is 1. The van der Waals surface area contributed by atoms with Crippen LogP contribution in [-0.4, -0.2) is 116 Å². The lowest BCUT2D eigenvalue weighted by atomic mass is 10.1. The zero-order valence-corrected chi connectivity index (χ0v) is 31.2. The van der Waals surface area contributed by atoms with Crippen molar-refractivity contribution in [2.75, 3.05) is 31.5 Å². The number of ether oxygens (including phenoxy) is 2. The number of aromatic nitrogens is 1. The Kier molecular flexibility index (Phi) is 11.9. The summed E-state index contributed by atoms with van der Waals surface area (Å²) in [6.45, 7) is 10.1. The molecule has 0 radical (unpaired) electrons. The second-order valence-electron chi connectivity index (χ2n) is 15.5. The molecule has 1 unspecified atom stereocenters. The molecule has 14 heteroatoms. The number of amides is 5. The molecule has 0 saturated carbocycles. The molecule has 5 amide bonds. The van der Waals surface area contributed by atoms with Crippen LogP contribution in [0.1, 0.15) is 59.9 Å². The molecule has 284 valence electrons. The van der Waals surface area contributed by atoms with Crippen molar-refractivity contribution in [3.63, 3.8) is 0 Å². The summed E-state index contributed by atoms with van der Waals surface area (Å²) in [4.78, 5) is 76.9. The number of hydrogen-bond acceptors (Lipinski definition) is 9. The van der Waals surface area contributed by atoms with Gasteiger partial charge in [0.05, 0.1) is 23.9 Å². The SMILES string of the molecule is CC(C)(C)OC(=O)N1CCN(C(=O)OC(C)(C)C)C(C(=O)N2C[C@H](NC(=O)[C@H](O)CCc3ccccc3)C[C@H]2C(=O)Nc2cnc3ccccc3c2)C1. The second kappa shape index (κ2) is 16.2. The lowest BCUT2D eigenvalue weighted by molar-refractivity contribution is -0.143. The number of carbonyl (C=O) groups excluding carboxylic acids is 5. The Morgan fingerprint density at radius 1 is 0.849 bits per heavy atom. The van der Waals surface area contributed by atoms with Crippen molar-refractivity contribution in [2.45, 2.75) is 96.2 Å². The van der Waals surface area contributed by atoms with Gasteiger partial charge in [-0.2, -0.15) is 0 Å². The van der Waals surface area contributed by atoms with Crippen molar-refractivity contribution in [3.8, 4) is 0 Å². The Morgan fingerprint density at radius 3 is 2.21 bits per heavy atom. The molecule has 2 aliphatic heterocycles. The number of likely N-dealkylation sites (tertiary alicyclic amines) is 1. The van der Waals surface area contributed by atoms with Crippen LogP contribution in [0.2, 0.25) is 0 Å². The third-order valence-corrected chi connectivity index (χ3v) is 8.89. The molecular formula is C39H50N6O8. The van der Waals surface area contributed by atoms with Gasteiger partial charge in [-0.1, -0.05) is 48.5 Å². The number of hydrogen-bond donors (Lipinski definition) is 3. The number of carbonyl (C=O) groups is 5. The lowest BCUT2D eigenvalue weighted by Crippen LogP contribution is -2.63. The van der Waals surface area contributed by atoms with Gasteiger partial charge in [-0.05, 0) is 78.5 Å². The third kappa shape index (κ3) is 10.4. The maximum Gasteiger partial charge on any atom is 0.411 e. The first-order valence-electron chi connectivity index (χ1n) is 17.9. The fourth-order valence-electron chi connectivity index (χ4n) is 6.39. The summed E-state index contributed by atoms with van der Waals surface area (Å²) in [5.41, 5.74) is 0.457. The molecule has 3 aromatic rings. The van der Waals surface area contributed by atoms with Crippen molar-refractivity contribution in [2.24, 2.45) is 0 Å². The molecule has 14 nitrogen and oxygen atoms in total. The Hall–Kier alpha value is -5.24. The van der Waals surface area contributed by atoms with E-state index >= 15 is 0 Å². The highest BCUT2D eigenvalue weighted by Crippen LogP contribution is 2.26. The van der Waals surface area contributed by atoms with Crippen LogP contribution in [-0.2, 0) is 30.3 Å². The van der Waals surface area contributed by atoms with Crippen LogP contribution < -0.4 is 10.6 Å². The van der Waals surface area contributed by atoms with Gasteiger partial charge in [-0.15, -0.1) is 0 Å². The number of fused-ring (bicyclic) bond motifs is 1. The molecule has 0 aliphatic carbocycles. The standard InChI is InChI=1S/C39H50N6O8/c1-38(2,3)52-36(50)43-18-19-44(37(51)53-39(4,5)6)31(24-43)35(49)45-23-28(42-34(48)32(46)17-16-25-12-8-7-9-13-25)21-30(45)33(47)41-27-20-26-14-10-11-15-29(26)40-22-27/h7-15,20,22,28,30-32,46H,16-19,21,23-24H2,1-6H3,(H,41,47)(H,42,48)/t28-,30+,31?,32-/m1/s1. The summed E-state index contributed by atoms with van der Waals surface area (Å²) in [6.07, 6.45) is -0.497. The van der Waals surface area contributed by atoms with Gasteiger partial charge in [-0.25, -0.2) is 9.59 Å². The second-order valence-corrected chi connectivity index (χ2v) is 15.5. The van der Waals surface area contributed by atoms with Gasteiger partial charge in [0, 0.05) is 31.1 Å². The Bertz CT molecular complexity index is 1810. The summed E-state index contributed by atoms with van der Waals surface area (Å²) in [6, 6.07) is 15.7. The smallest absolute Gasteiger partial charge is 0.411 e. The highest BCUT2D eigenvalue weighted by Gasteiger charge is 2.47. The number of anilines is 1. The molecule has 3 heterocycles. The zero-order chi connectivity index (χ0) is 38.5. The Balaban J connectivity index is 1.39. The van der Waals surface area contributed by atoms with Crippen molar-refractivity contribution in [1.82, 2.24) is 25.0 Å². The maximum atomic E-state index is 14.6. The maximum absolute atomic E-state index is 14.6. The molecule has 2 aliphatic rings. The van der Waals surface area contributed by atoms with E-state index in [9.17, 15) is 29.1 Å². The first-order valence-corrected chi connectivity index (χ1v) is 17.9. The van der Waals surface area contributed by atoms with Gasteiger partial charge in [0.2, 0.25) is 17.7 Å². The van der Waals surface area contributed by atoms with Crippen molar-refractivity contribution < 1.29 is 38.6 Å². The van der Waals surface area contributed by atoms with Crippen LogP contribution in [0.25, 0.3) is 10.9 Å². The monoisotopic (exact) mass is 730 g/mol. The number of nitrogens with one attached hydrogen (secondary N) is 2. The summed E-state index contributed by atoms with van der Waals surface area (Å²) in [7, 11) is 0. The van der Waals surface area contributed by atoms with Crippen LogP contribution >= 0.6 is 0 Å². The largest absolute Gasteiger partial charge is 0.444 e. The van der Waals surface area contributed by atoms with Crippen LogP contribution in [0.5, 0.6) is 0 Å². The molecule has 53 heavy (non-hydrogen) atoms. The number of pyridine rings is 1. The molecule has 0 bridgehead atoms. The summed E-state index contributed by atoms with van der Waals surface area (Å²) in [5, 5.41) is 17.2. The Labute approximate surface area is 309 Å². The minimum Gasteiger partial charge on any atom is -0.444 e. The van der Waals surface area contributed by atoms with Crippen LogP contribution in [0.4, 0.5) is 15.3 Å². The highest BCUT2D eigenvalue weighted by molar-refractivity contribution is 6.00. The van der Waals surface area contributed by atoms with E-state index in [1.54, 1.807) is 47.6 Å². The summed E-state index contributed by atoms with van der Waals surface area (Å²) in [5.74, 6) is -1.76. The fourth-order valence-corrected chi connectivity index (χ4v) is 6.39. The first kappa shape index (κ1) is 39.0. The predicted octanol–water partition coefficient (Wildman–Crippen LogP) is 4.11. The van der Waals surface area contributed by atoms with Crippen molar-refractivity contribution in [1.29, 1.82) is 0 Å². The molecule has 2 fully saturated rings. The molecule has 2 saturated heterocycles. The van der Waals surface area contributed by atoms with Crippen molar-refractivity contribution in [3.05, 3.63) is 72.4 Å². The average Bonchev–Trinajstić information content (AvgIpc) is 3.52. The number of rotatable bonds is 8. The van der Waals surface area contributed by atoms with Gasteiger partial charge in [-0.3, -0.25) is 24.3 Å². The van der Waals surface area contributed by atoms with Gasteiger partial charge in [0.25, 0.3) is 0 Å². The number of nitrogens with zero attached hydrogens (tertiary/aromatic N) is 4. The number of aryl methyl sites for hydroxylation is 1. The zero-order valence-electron chi connectivity index (χ0n) is 31.2. The molecule has 3 N–H and O–H groups in total. The van der Waals surface area contributed by atoms with Gasteiger partial charge >= 0.3 is 12.2 Å². The molecule has 1 aromatic heterocycles. The minimum atomic E-state index is -1.32. The topological polar surface area (TPSA) is 171 Å². The number of aliphatic hydroxyl groups excluding tert-OH is 1. The van der Waals surface area contributed by atoms with E-state index < -0.39 is 65.3 Å². The Morgan fingerprint density at radius 2 is 1.51 bits per heavy atom. The predicted molar refractivity (Wildman–Crippen MR) is 198 cm³/mol. The first-order chi connectivity index (χ1) is 25.0. The van der Waals surface area contributed by atoms with E-state index in [0.29, 0.717) is 12.1 Å². The molecular weight excluding hydrogens is 680 g/mol. The van der Waals surface area contributed by atoms with Gasteiger partial charge in [0.1, 0.15) is 29.4 Å². The molecule has 2 aromatic carbocycles. The third-order valence-electron chi connectivity index (χ3n) is 8.89. The summed E-state index contributed by atoms with van der Waals surface area (Å²) >= 11 is 0. The van der Waals surface area contributed by atoms with E-state index in [0.717, 1.165) is 16.5 Å². The molecule has 0 spiro atoms. The number of aliphatic hydroxyl groups is 1. The normalized spacial score (nSPS) is 19.8. The minimum absolute atomic E-state index is 0.0220. The van der Waals surface area contributed by atoms with Crippen molar-refractivity contribution >= 4 is 46.5 Å². The lowest BCUT2D eigenvalue weighted by Gasteiger charge is -2.42. The number of para-hydroxylation sites is 1. The van der Waals surface area contributed by atoms with Crippen LogP contribution in [0.3, 0.4) is 0 Å². The van der Waals surface area contributed by atoms with E-state index in [2.05, 4.69) is 15.6 Å². The van der Waals surface area contributed by atoms with E-state index in [1.165, 1.54) is 20.9 Å². The molecule has 4 atom stereocenters. The van der Waals surface area contributed by atoms with Gasteiger partial charge in [0.15, 0.2) is 0 Å². The fraction of sp³-hybridized carbons (Fsp3) is 0.487. The van der Waals surface area contributed by atoms with E-state index in [-0.39, 0.29) is 39.0 Å². The van der Waals surface area contributed by atoms with Crippen LogP contribution in [0, 0.1) is 0 Å². The van der Waals surface area contributed by atoms with E-state index in [1.807, 2.05) is 54.6 Å².